The van der Waals surface area contributed by atoms with Crippen LogP contribution in [0.2, 0.25) is 0 Å². The first-order chi connectivity index (χ1) is 10.6. The van der Waals surface area contributed by atoms with Gasteiger partial charge in [-0.15, -0.1) is 0 Å². The molecule has 3 fully saturated rings. The second-order valence-corrected chi connectivity index (χ2v) is 7.28. The number of ether oxygens (including phenoxy) is 3. The summed E-state index contributed by atoms with van der Waals surface area (Å²) in [5.74, 6) is 0.237. The average Bonchev–Trinajstić information content (AvgIpc) is 2.50. The number of nitrogens with zero attached hydrogens (tertiary/aromatic N) is 1. The van der Waals surface area contributed by atoms with Gasteiger partial charge in [0.05, 0.1) is 24.7 Å². The van der Waals surface area contributed by atoms with Gasteiger partial charge in [0.15, 0.2) is 0 Å². The molecule has 3 aliphatic rings. The lowest BCUT2D eigenvalue weighted by Gasteiger charge is -2.51. The fraction of sp³-hybridized carbons (Fsp3) is 0.941. The molecular formula is C17H29NO4. The van der Waals surface area contributed by atoms with Crippen molar-refractivity contribution in [2.45, 2.75) is 56.7 Å². The van der Waals surface area contributed by atoms with E-state index in [9.17, 15) is 4.79 Å². The maximum atomic E-state index is 12.8. The molecule has 0 bridgehead atoms. The number of carbonyl (C=O) groups excluding carboxylic acids is 1. The fourth-order valence-corrected chi connectivity index (χ4v) is 4.41. The first-order valence-electron chi connectivity index (χ1n) is 8.57. The molecule has 0 aromatic carbocycles. The molecule has 0 spiro atoms. The Morgan fingerprint density at radius 1 is 1.27 bits per heavy atom. The van der Waals surface area contributed by atoms with Crippen LogP contribution in [-0.2, 0) is 19.0 Å². The van der Waals surface area contributed by atoms with Crippen molar-refractivity contribution in [3.63, 3.8) is 0 Å². The van der Waals surface area contributed by atoms with Crippen molar-refractivity contribution in [3.8, 4) is 0 Å². The molecular weight excluding hydrogens is 282 g/mol. The second-order valence-electron chi connectivity index (χ2n) is 7.28. The molecule has 0 aromatic heterocycles. The first-order valence-corrected chi connectivity index (χ1v) is 8.57. The number of hydrogen-bond acceptors (Lipinski definition) is 4. The third-order valence-electron chi connectivity index (χ3n) is 5.94. The number of piperidine rings is 1. The van der Waals surface area contributed by atoms with E-state index < -0.39 is 0 Å². The molecule has 2 saturated heterocycles. The molecule has 2 heterocycles. The van der Waals surface area contributed by atoms with Crippen LogP contribution in [0, 0.1) is 5.41 Å². The van der Waals surface area contributed by atoms with Gasteiger partial charge < -0.3 is 19.1 Å². The number of hydrogen-bond donors (Lipinski definition) is 0. The molecule has 126 valence electrons. The van der Waals surface area contributed by atoms with E-state index in [0.29, 0.717) is 13.0 Å². The van der Waals surface area contributed by atoms with E-state index in [4.69, 9.17) is 14.2 Å². The predicted molar refractivity (Wildman–Crippen MR) is 82.7 cm³/mol. The minimum absolute atomic E-state index is 0.0131. The Hall–Kier alpha value is -0.650. The highest BCUT2D eigenvalue weighted by Crippen LogP contribution is 2.42. The maximum absolute atomic E-state index is 12.8. The van der Waals surface area contributed by atoms with Gasteiger partial charge in [0, 0.05) is 39.3 Å². The summed E-state index contributed by atoms with van der Waals surface area (Å²) < 4.78 is 17.1. The molecule has 1 amide bonds. The summed E-state index contributed by atoms with van der Waals surface area (Å²) in [5, 5.41) is 0. The van der Waals surface area contributed by atoms with Gasteiger partial charge in [-0.3, -0.25) is 4.79 Å². The quantitative estimate of drug-likeness (QED) is 0.779. The van der Waals surface area contributed by atoms with Crippen molar-refractivity contribution in [3.05, 3.63) is 0 Å². The Morgan fingerprint density at radius 3 is 2.73 bits per heavy atom. The van der Waals surface area contributed by atoms with E-state index in [1.54, 1.807) is 14.2 Å². The Kier molecular flexibility index (Phi) is 4.76. The Balaban J connectivity index is 1.66. The molecule has 1 saturated carbocycles. The molecule has 2 unspecified atom stereocenters. The zero-order valence-electron chi connectivity index (χ0n) is 13.9. The molecule has 0 N–H and O–H groups in total. The van der Waals surface area contributed by atoms with Crippen molar-refractivity contribution in [1.29, 1.82) is 0 Å². The van der Waals surface area contributed by atoms with Gasteiger partial charge in [-0.1, -0.05) is 0 Å². The lowest BCUT2D eigenvalue weighted by Crippen LogP contribution is -2.59. The second kappa shape index (κ2) is 6.46. The summed E-state index contributed by atoms with van der Waals surface area (Å²) >= 11 is 0. The van der Waals surface area contributed by atoms with Crippen LogP contribution in [0.25, 0.3) is 0 Å². The summed E-state index contributed by atoms with van der Waals surface area (Å²) in [6, 6.07) is 0. The summed E-state index contributed by atoms with van der Waals surface area (Å²) in [6.45, 7) is 3.09. The van der Waals surface area contributed by atoms with Crippen molar-refractivity contribution in [2.24, 2.45) is 5.41 Å². The topological polar surface area (TPSA) is 48.0 Å². The lowest BCUT2D eigenvalue weighted by atomic mass is 9.72. The summed E-state index contributed by atoms with van der Waals surface area (Å²) in [6.07, 6.45) is 7.04. The van der Waals surface area contributed by atoms with Crippen LogP contribution < -0.4 is 0 Å². The zero-order valence-corrected chi connectivity index (χ0v) is 13.9. The van der Waals surface area contributed by atoms with E-state index in [1.807, 2.05) is 4.90 Å². The smallest absolute Gasteiger partial charge is 0.225 e. The SMILES string of the molecule is COCC12CCCOC1CCN(C(=O)CC1(OC)CCC1)C2. The molecule has 2 atom stereocenters. The van der Waals surface area contributed by atoms with E-state index in [1.165, 1.54) is 6.42 Å². The molecule has 2 aliphatic heterocycles. The van der Waals surface area contributed by atoms with Gasteiger partial charge >= 0.3 is 0 Å². The fourth-order valence-electron chi connectivity index (χ4n) is 4.41. The molecule has 1 aliphatic carbocycles. The Morgan fingerprint density at radius 2 is 2.09 bits per heavy atom. The molecule has 5 heteroatoms. The normalized spacial score (nSPS) is 33.9. The van der Waals surface area contributed by atoms with Gasteiger partial charge in [0.1, 0.15) is 0 Å². The van der Waals surface area contributed by atoms with Crippen LogP contribution in [0.15, 0.2) is 0 Å². The largest absolute Gasteiger partial charge is 0.384 e. The van der Waals surface area contributed by atoms with E-state index in [2.05, 4.69) is 0 Å². The van der Waals surface area contributed by atoms with Crippen molar-refractivity contribution in [2.75, 3.05) is 40.5 Å². The number of fused-ring (bicyclic) bond motifs is 1. The third-order valence-corrected chi connectivity index (χ3v) is 5.94. The standard InChI is InChI=1S/C17H29NO4/c1-20-13-16-6-4-10-22-14(16)5-9-18(12-16)15(19)11-17(21-2)7-3-8-17/h14H,3-13H2,1-2H3. The van der Waals surface area contributed by atoms with Gasteiger partial charge in [0.2, 0.25) is 5.91 Å². The van der Waals surface area contributed by atoms with Gasteiger partial charge in [0.25, 0.3) is 0 Å². The number of amides is 1. The Labute approximate surface area is 133 Å². The number of likely N-dealkylation sites (tertiary alicyclic amines) is 1. The van der Waals surface area contributed by atoms with Crippen LogP contribution in [0.5, 0.6) is 0 Å². The van der Waals surface area contributed by atoms with Gasteiger partial charge in [-0.2, -0.15) is 0 Å². The average molecular weight is 311 g/mol. The molecule has 22 heavy (non-hydrogen) atoms. The summed E-state index contributed by atoms with van der Waals surface area (Å²) in [7, 11) is 3.48. The number of methoxy groups -OCH3 is 2. The number of carbonyl (C=O) groups is 1. The first kappa shape index (κ1) is 16.2. The van der Waals surface area contributed by atoms with Gasteiger partial charge in [-0.05, 0) is 38.5 Å². The zero-order chi connectivity index (χ0) is 15.6. The van der Waals surface area contributed by atoms with Crippen LogP contribution in [0.3, 0.4) is 0 Å². The van der Waals surface area contributed by atoms with E-state index in [-0.39, 0.29) is 23.0 Å². The minimum atomic E-state index is -0.189. The van der Waals surface area contributed by atoms with Gasteiger partial charge in [-0.25, -0.2) is 0 Å². The van der Waals surface area contributed by atoms with E-state index >= 15 is 0 Å². The molecule has 5 nitrogen and oxygen atoms in total. The molecule has 0 radical (unpaired) electrons. The monoisotopic (exact) mass is 311 g/mol. The minimum Gasteiger partial charge on any atom is -0.384 e. The Bertz CT molecular complexity index is 400. The van der Waals surface area contributed by atoms with Crippen molar-refractivity contribution in [1.82, 2.24) is 4.90 Å². The van der Waals surface area contributed by atoms with Crippen LogP contribution in [-0.4, -0.2) is 63.0 Å². The molecule has 3 rings (SSSR count). The third kappa shape index (κ3) is 2.91. The number of rotatable bonds is 5. The van der Waals surface area contributed by atoms with Crippen molar-refractivity contribution < 1.29 is 19.0 Å². The lowest BCUT2D eigenvalue weighted by molar-refractivity contribution is -0.168. The summed E-state index contributed by atoms with van der Waals surface area (Å²) in [4.78, 5) is 14.8. The highest BCUT2D eigenvalue weighted by atomic mass is 16.5. The van der Waals surface area contributed by atoms with Crippen LogP contribution in [0.1, 0.15) is 44.9 Å². The maximum Gasteiger partial charge on any atom is 0.225 e. The molecule has 0 aromatic rings. The highest BCUT2D eigenvalue weighted by molar-refractivity contribution is 5.77. The predicted octanol–water partition coefficient (Wildman–Crippen LogP) is 1.99. The van der Waals surface area contributed by atoms with Crippen LogP contribution in [0.4, 0.5) is 0 Å². The summed E-state index contributed by atoms with van der Waals surface area (Å²) in [5.41, 5.74) is -0.202. The van der Waals surface area contributed by atoms with E-state index in [0.717, 1.165) is 51.8 Å². The highest BCUT2D eigenvalue weighted by Gasteiger charge is 2.48. The van der Waals surface area contributed by atoms with Crippen LogP contribution >= 0.6 is 0 Å². The van der Waals surface area contributed by atoms with Crippen molar-refractivity contribution >= 4 is 5.91 Å².